The lowest BCUT2D eigenvalue weighted by atomic mass is 10.1. The number of carboxylic acids is 1. The van der Waals surface area contributed by atoms with E-state index in [9.17, 15) is 9.90 Å². The number of aryl methyl sites for hydroxylation is 1. The highest BCUT2D eigenvalue weighted by Gasteiger charge is 2.24. The van der Waals surface area contributed by atoms with Gasteiger partial charge in [-0.3, -0.25) is 0 Å². The number of aromatic nitrogens is 1. The van der Waals surface area contributed by atoms with Crippen LogP contribution in [0.5, 0.6) is 0 Å². The summed E-state index contributed by atoms with van der Waals surface area (Å²) < 4.78 is 5.58. The van der Waals surface area contributed by atoms with Gasteiger partial charge < -0.3 is 15.2 Å². The van der Waals surface area contributed by atoms with Gasteiger partial charge in [0.1, 0.15) is 11.4 Å². The van der Waals surface area contributed by atoms with Crippen LogP contribution in [0.2, 0.25) is 0 Å². The van der Waals surface area contributed by atoms with Crippen molar-refractivity contribution in [1.29, 1.82) is 0 Å². The number of pyridine rings is 1. The zero-order chi connectivity index (χ0) is 13.1. The van der Waals surface area contributed by atoms with Crippen LogP contribution in [-0.2, 0) is 4.74 Å². The van der Waals surface area contributed by atoms with E-state index in [1.807, 2.05) is 6.92 Å². The first-order valence-corrected chi connectivity index (χ1v) is 6.16. The lowest BCUT2D eigenvalue weighted by Crippen LogP contribution is -2.31. The van der Waals surface area contributed by atoms with Crippen LogP contribution in [0.25, 0.3) is 0 Å². The van der Waals surface area contributed by atoms with E-state index in [1.165, 1.54) is 0 Å². The summed E-state index contributed by atoms with van der Waals surface area (Å²) >= 11 is 0. The van der Waals surface area contributed by atoms with Crippen molar-refractivity contribution in [2.24, 2.45) is 0 Å². The molecule has 0 bridgehead atoms. The molecule has 0 saturated carbocycles. The van der Waals surface area contributed by atoms with E-state index < -0.39 is 5.97 Å². The molecule has 2 atom stereocenters. The average molecular weight is 250 g/mol. The molecule has 2 N–H and O–H groups in total. The van der Waals surface area contributed by atoms with E-state index in [2.05, 4.69) is 10.3 Å². The molecular formula is C13H18N2O3. The Morgan fingerprint density at radius 2 is 2.44 bits per heavy atom. The van der Waals surface area contributed by atoms with E-state index >= 15 is 0 Å². The standard InChI is InChI=1S/C13H18N2O3/c1-8-5-6-14-12(11(8)13(16)17)15-9(2)10-4-3-7-18-10/h5-6,9-10H,3-4,7H2,1-2H3,(H,14,15)(H,16,17). The van der Waals surface area contributed by atoms with E-state index in [4.69, 9.17) is 4.74 Å². The Morgan fingerprint density at radius 1 is 1.67 bits per heavy atom. The molecule has 2 heterocycles. The van der Waals surface area contributed by atoms with Gasteiger partial charge in [0.05, 0.1) is 12.1 Å². The van der Waals surface area contributed by atoms with Gasteiger partial charge in [-0.25, -0.2) is 9.78 Å². The first-order chi connectivity index (χ1) is 8.59. The first kappa shape index (κ1) is 12.8. The quantitative estimate of drug-likeness (QED) is 0.856. The zero-order valence-corrected chi connectivity index (χ0v) is 10.6. The summed E-state index contributed by atoms with van der Waals surface area (Å²) in [6, 6.07) is 1.76. The Bertz CT molecular complexity index is 442. The zero-order valence-electron chi connectivity index (χ0n) is 10.6. The molecule has 0 aliphatic carbocycles. The fourth-order valence-electron chi connectivity index (χ4n) is 2.24. The summed E-state index contributed by atoms with van der Waals surface area (Å²) in [5.41, 5.74) is 0.946. The van der Waals surface area contributed by atoms with E-state index in [-0.39, 0.29) is 17.7 Å². The molecule has 0 amide bonds. The predicted octanol–water partition coefficient (Wildman–Crippen LogP) is 2.07. The van der Waals surface area contributed by atoms with Crippen molar-refractivity contribution in [2.75, 3.05) is 11.9 Å². The highest BCUT2D eigenvalue weighted by molar-refractivity contribution is 5.94. The van der Waals surface area contributed by atoms with Gasteiger partial charge >= 0.3 is 5.97 Å². The van der Waals surface area contributed by atoms with Gasteiger partial charge in [0.15, 0.2) is 0 Å². The number of hydrogen-bond donors (Lipinski definition) is 2. The van der Waals surface area contributed by atoms with Crippen LogP contribution in [0.4, 0.5) is 5.82 Å². The van der Waals surface area contributed by atoms with Crippen molar-refractivity contribution in [1.82, 2.24) is 4.98 Å². The number of hydrogen-bond acceptors (Lipinski definition) is 4. The first-order valence-electron chi connectivity index (χ1n) is 6.16. The van der Waals surface area contributed by atoms with Gasteiger partial charge in [0.25, 0.3) is 0 Å². The number of rotatable bonds is 4. The number of nitrogens with one attached hydrogen (secondary N) is 1. The molecule has 1 aliphatic rings. The smallest absolute Gasteiger partial charge is 0.339 e. The van der Waals surface area contributed by atoms with Crippen LogP contribution in [0.15, 0.2) is 12.3 Å². The number of nitrogens with zero attached hydrogens (tertiary/aromatic N) is 1. The van der Waals surface area contributed by atoms with Gasteiger partial charge in [-0.05, 0) is 38.3 Å². The van der Waals surface area contributed by atoms with Crippen molar-refractivity contribution >= 4 is 11.8 Å². The average Bonchev–Trinajstić information content (AvgIpc) is 2.81. The number of aromatic carboxylic acids is 1. The van der Waals surface area contributed by atoms with Gasteiger partial charge in [-0.15, -0.1) is 0 Å². The predicted molar refractivity (Wildman–Crippen MR) is 68.0 cm³/mol. The summed E-state index contributed by atoms with van der Waals surface area (Å²) in [5, 5.41) is 12.4. The third-order valence-corrected chi connectivity index (χ3v) is 3.26. The van der Waals surface area contributed by atoms with Crippen LogP contribution < -0.4 is 5.32 Å². The molecule has 5 heteroatoms. The van der Waals surface area contributed by atoms with Crippen molar-refractivity contribution in [3.8, 4) is 0 Å². The highest BCUT2D eigenvalue weighted by atomic mass is 16.5. The Hall–Kier alpha value is -1.62. The summed E-state index contributed by atoms with van der Waals surface area (Å²) in [6.45, 7) is 4.54. The number of carboxylic acid groups (broad SMARTS) is 1. The van der Waals surface area contributed by atoms with E-state index in [0.717, 1.165) is 19.4 Å². The Kier molecular flexibility index (Phi) is 3.81. The summed E-state index contributed by atoms with van der Waals surface area (Å²) in [7, 11) is 0. The summed E-state index contributed by atoms with van der Waals surface area (Å²) in [5.74, 6) is -0.534. The van der Waals surface area contributed by atoms with Crippen LogP contribution in [-0.4, -0.2) is 34.8 Å². The molecule has 98 valence electrons. The monoisotopic (exact) mass is 250 g/mol. The second-order valence-corrected chi connectivity index (χ2v) is 4.64. The summed E-state index contributed by atoms with van der Waals surface area (Å²) in [4.78, 5) is 15.4. The van der Waals surface area contributed by atoms with Crippen molar-refractivity contribution < 1.29 is 14.6 Å². The van der Waals surface area contributed by atoms with Gasteiger partial charge in [-0.1, -0.05) is 0 Å². The minimum atomic E-state index is -0.956. The molecule has 1 aromatic heterocycles. The molecule has 0 spiro atoms. The molecule has 1 fully saturated rings. The van der Waals surface area contributed by atoms with E-state index in [1.54, 1.807) is 19.2 Å². The topological polar surface area (TPSA) is 71.5 Å². The minimum Gasteiger partial charge on any atom is -0.478 e. The molecule has 1 aliphatic heterocycles. The molecule has 2 rings (SSSR count). The Morgan fingerprint density at radius 3 is 3.06 bits per heavy atom. The number of carbonyl (C=O) groups is 1. The third-order valence-electron chi connectivity index (χ3n) is 3.26. The Labute approximate surface area is 106 Å². The Balaban J connectivity index is 2.17. The molecule has 1 aromatic rings. The fraction of sp³-hybridized carbons (Fsp3) is 0.538. The van der Waals surface area contributed by atoms with Crippen LogP contribution in [0, 0.1) is 6.92 Å². The normalized spacial score (nSPS) is 20.7. The largest absolute Gasteiger partial charge is 0.478 e. The number of ether oxygens (including phenoxy) is 1. The SMILES string of the molecule is Cc1ccnc(NC(C)C2CCCO2)c1C(=O)O. The fourth-order valence-corrected chi connectivity index (χ4v) is 2.24. The van der Waals surface area contributed by atoms with Gasteiger partial charge in [-0.2, -0.15) is 0 Å². The van der Waals surface area contributed by atoms with Crippen molar-refractivity contribution in [2.45, 2.75) is 38.8 Å². The van der Waals surface area contributed by atoms with Crippen molar-refractivity contribution in [3.63, 3.8) is 0 Å². The molecular weight excluding hydrogens is 232 g/mol. The van der Waals surface area contributed by atoms with Crippen LogP contribution >= 0.6 is 0 Å². The highest BCUT2D eigenvalue weighted by Crippen LogP contribution is 2.21. The van der Waals surface area contributed by atoms with Crippen molar-refractivity contribution in [3.05, 3.63) is 23.4 Å². The van der Waals surface area contributed by atoms with Gasteiger partial charge in [0, 0.05) is 12.8 Å². The lowest BCUT2D eigenvalue weighted by molar-refractivity contribution is 0.0696. The maximum atomic E-state index is 11.2. The molecule has 2 unspecified atom stereocenters. The summed E-state index contributed by atoms with van der Waals surface area (Å²) in [6.07, 6.45) is 3.81. The molecule has 0 radical (unpaired) electrons. The maximum absolute atomic E-state index is 11.2. The van der Waals surface area contributed by atoms with Crippen LogP contribution in [0.3, 0.4) is 0 Å². The molecule has 18 heavy (non-hydrogen) atoms. The number of anilines is 1. The molecule has 0 aromatic carbocycles. The van der Waals surface area contributed by atoms with Crippen LogP contribution in [0.1, 0.15) is 35.7 Å². The lowest BCUT2D eigenvalue weighted by Gasteiger charge is -2.21. The molecule has 5 nitrogen and oxygen atoms in total. The molecule has 1 saturated heterocycles. The minimum absolute atomic E-state index is 0.0555. The van der Waals surface area contributed by atoms with Gasteiger partial charge in [0.2, 0.25) is 0 Å². The second kappa shape index (κ2) is 5.35. The maximum Gasteiger partial charge on any atom is 0.339 e. The van der Waals surface area contributed by atoms with E-state index in [0.29, 0.717) is 11.4 Å². The second-order valence-electron chi connectivity index (χ2n) is 4.64. The third kappa shape index (κ3) is 2.61.